The summed E-state index contributed by atoms with van der Waals surface area (Å²) in [6.07, 6.45) is 3.74. The molecule has 1 unspecified atom stereocenters. The van der Waals surface area contributed by atoms with Crippen LogP contribution in [-0.4, -0.2) is 55.9 Å². The number of ether oxygens (including phenoxy) is 1. The zero-order chi connectivity index (χ0) is 15.7. The van der Waals surface area contributed by atoms with Gasteiger partial charge < -0.3 is 20.3 Å². The van der Waals surface area contributed by atoms with Crippen LogP contribution in [0.1, 0.15) is 47.0 Å². The Bertz CT molecular complexity index is 296. The number of hydrogen-bond acceptors (Lipinski definition) is 4. The molecule has 0 spiro atoms. The van der Waals surface area contributed by atoms with E-state index < -0.39 is 5.60 Å². The maximum Gasteiger partial charge on any atom is 0.407 e. The van der Waals surface area contributed by atoms with Gasteiger partial charge >= 0.3 is 6.09 Å². The van der Waals surface area contributed by atoms with Crippen molar-refractivity contribution in [2.75, 3.05) is 39.3 Å². The second kappa shape index (κ2) is 9.26. The second-order valence-electron chi connectivity index (χ2n) is 7.10. The zero-order valence-electron chi connectivity index (χ0n) is 14.2. The molecule has 21 heavy (non-hydrogen) atoms. The zero-order valence-corrected chi connectivity index (χ0v) is 14.2. The number of carbonyl (C=O) groups is 1. The number of alkyl carbamates (subject to hydrolysis) is 1. The smallest absolute Gasteiger partial charge is 0.407 e. The van der Waals surface area contributed by atoms with E-state index in [2.05, 4.69) is 22.5 Å². The monoisotopic (exact) mass is 299 g/mol. The Labute approximate surface area is 129 Å². The Kier molecular flexibility index (Phi) is 8.04. The molecule has 0 aromatic heterocycles. The highest BCUT2D eigenvalue weighted by Crippen LogP contribution is 2.10. The Morgan fingerprint density at radius 2 is 1.86 bits per heavy atom. The molecule has 0 aromatic carbocycles. The van der Waals surface area contributed by atoms with Crippen LogP contribution in [0.25, 0.3) is 0 Å². The number of carbonyl (C=O) groups excluding carboxylic acids is 1. The van der Waals surface area contributed by atoms with Crippen molar-refractivity contribution >= 4 is 6.09 Å². The van der Waals surface area contributed by atoms with Crippen molar-refractivity contribution in [2.45, 2.75) is 52.6 Å². The van der Waals surface area contributed by atoms with Crippen molar-refractivity contribution < 1.29 is 9.53 Å². The molecule has 1 amide bonds. The summed E-state index contributed by atoms with van der Waals surface area (Å²) in [4.78, 5) is 14.0. The molecule has 0 radical (unpaired) electrons. The first kappa shape index (κ1) is 18.2. The van der Waals surface area contributed by atoms with Crippen LogP contribution in [0.15, 0.2) is 0 Å². The average molecular weight is 299 g/mol. The third kappa shape index (κ3) is 9.69. The van der Waals surface area contributed by atoms with Crippen LogP contribution < -0.4 is 10.6 Å². The maximum absolute atomic E-state index is 11.5. The van der Waals surface area contributed by atoms with E-state index in [1.54, 1.807) is 0 Å². The summed E-state index contributed by atoms with van der Waals surface area (Å²) < 4.78 is 5.18. The summed E-state index contributed by atoms with van der Waals surface area (Å²) in [5, 5.41) is 6.16. The van der Waals surface area contributed by atoms with Crippen molar-refractivity contribution in [3.8, 4) is 0 Å². The normalized spacial score (nSPS) is 18.3. The van der Waals surface area contributed by atoms with Gasteiger partial charge in [0.1, 0.15) is 5.60 Å². The van der Waals surface area contributed by atoms with Gasteiger partial charge in [0.25, 0.3) is 0 Å². The van der Waals surface area contributed by atoms with Gasteiger partial charge in [-0.05, 0) is 59.2 Å². The van der Waals surface area contributed by atoms with E-state index in [-0.39, 0.29) is 6.09 Å². The molecule has 1 aliphatic heterocycles. The van der Waals surface area contributed by atoms with Gasteiger partial charge in [0.05, 0.1) is 0 Å². The van der Waals surface area contributed by atoms with Crippen molar-refractivity contribution in [1.29, 1.82) is 0 Å². The summed E-state index contributed by atoms with van der Waals surface area (Å²) in [5.41, 5.74) is -0.430. The van der Waals surface area contributed by atoms with E-state index in [0.29, 0.717) is 12.5 Å². The van der Waals surface area contributed by atoms with Crippen molar-refractivity contribution in [3.63, 3.8) is 0 Å². The predicted octanol–water partition coefficient (Wildman–Crippen LogP) is 2.22. The third-order valence-electron chi connectivity index (χ3n) is 3.48. The van der Waals surface area contributed by atoms with Crippen molar-refractivity contribution in [2.24, 2.45) is 5.92 Å². The number of nitrogens with one attached hydrogen (secondary N) is 2. The van der Waals surface area contributed by atoms with E-state index in [0.717, 1.165) is 13.1 Å². The molecule has 0 saturated carbocycles. The van der Waals surface area contributed by atoms with E-state index in [1.165, 1.54) is 38.9 Å². The van der Waals surface area contributed by atoms with Crippen molar-refractivity contribution in [1.82, 2.24) is 15.5 Å². The fraction of sp³-hybridized carbons (Fsp3) is 0.938. The number of rotatable bonds is 7. The highest BCUT2D eigenvalue weighted by atomic mass is 16.6. The lowest BCUT2D eigenvalue weighted by Crippen LogP contribution is -2.39. The molecule has 0 aromatic rings. The molecule has 5 heteroatoms. The molecule has 1 saturated heterocycles. The maximum atomic E-state index is 11.5. The molecule has 124 valence electrons. The van der Waals surface area contributed by atoms with Crippen LogP contribution in [0.3, 0.4) is 0 Å². The van der Waals surface area contributed by atoms with Gasteiger partial charge in [-0.1, -0.05) is 13.3 Å². The van der Waals surface area contributed by atoms with Crippen LogP contribution in [0, 0.1) is 5.92 Å². The molecule has 1 rings (SSSR count). The minimum absolute atomic E-state index is 0.342. The molecule has 0 aliphatic carbocycles. The minimum atomic E-state index is -0.430. The largest absolute Gasteiger partial charge is 0.444 e. The first-order valence-electron chi connectivity index (χ1n) is 8.27. The third-order valence-corrected chi connectivity index (χ3v) is 3.48. The van der Waals surface area contributed by atoms with E-state index in [1.807, 2.05) is 20.8 Å². The van der Waals surface area contributed by atoms with Crippen molar-refractivity contribution in [3.05, 3.63) is 0 Å². The Hall–Kier alpha value is -0.810. The quantitative estimate of drug-likeness (QED) is 0.708. The Morgan fingerprint density at radius 1 is 1.19 bits per heavy atom. The molecular formula is C16H33N3O2. The molecule has 1 aliphatic rings. The predicted molar refractivity (Wildman–Crippen MR) is 86.6 cm³/mol. The number of likely N-dealkylation sites (tertiary alicyclic amines) is 1. The lowest BCUT2D eigenvalue weighted by atomic mass is 10.1. The average Bonchev–Trinajstić information content (AvgIpc) is 2.37. The molecule has 0 bridgehead atoms. The summed E-state index contributed by atoms with van der Waals surface area (Å²) >= 11 is 0. The minimum Gasteiger partial charge on any atom is -0.444 e. The van der Waals surface area contributed by atoms with E-state index >= 15 is 0 Å². The fourth-order valence-electron chi connectivity index (χ4n) is 2.56. The topological polar surface area (TPSA) is 53.6 Å². The number of nitrogens with zero attached hydrogens (tertiary/aromatic N) is 1. The van der Waals surface area contributed by atoms with Gasteiger partial charge in [-0.3, -0.25) is 0 Å². The summed E-state index contributed by atoms with van der Waals surface area (Å²) in [7, 11) is 0. The summed E-state index contributed by atoms with van der Waals surface area (Å²) in [6.45, 7) is 13.9. The first-order valence-corrected chi connectivity index (χ1v) is 8.27. The second-order valence-corrected chi connectivity index (χ2v) is 7.10. The van der Waals surface area contributed by atoms with Gasteiger partial charge in [-0.25, -0.2) is 4.79 Å². The molecule has 5 nitrogen and oxygen atoms in total. The van der Waals surface area contributed by atoms with Crippen LogP contribution in [0.5, 0.6) is 0 Å². The lowest BCUT2D eigenvalue weighted by Gasteiger charge is -2.29. The fourth-order valence-corrected chi connectivity index (χ4v) is 2.56. The van der Waals surface area contributed by atoms with Gasteiger partial charge in [-0.15, -0.1) is 0 Å². The van der Waals surface area contributed by atoms with E-state index in [4.69, 9.17) is 4.74 Å². The Morgan fingerprint density at radius 3 is 2.48 bits per heavy atom. The van der Waals surface area contributed by atoms with Crippen LogP contribution in [-0.2, 0) is 4.74 Å². The van der Waals surface area contributed by atoms with Crippen LogP contribution in [0.4, 0.5) is 4.79 Å². The number of amides is 1. The number of piperidine rings is 1. The lowest BCUT2D eigenvalue weighted by molar-refractivity contribution is 0.0528. The summed E-state index contributed by atoms with van der Waals surface area (Å²) in [5.74, 6) is 0.643. The SMILES string of the molecule is CC(CNCCNC(=O)OC(C)(C)C)CN1CCCCC1. The van der Waals surface area contributed by atoms with Gasteiger partial charge in [0, 0.05) is 19.6 Å². The molecule has 2 N–H and O–H groups in total. The van der Waals surface area contributed by atoms with Crippen LogP contribution in [0.2, 0.25) is 0 Å². The number of hydrogen-bond donors (Lipinski definition) is 2. The molecule has 1 atom stereocenters. The molecule has 1 heterocycles. The molecular weight excluding hydrogens is 266 g/mol. The van der Waals surface area contributed by atoms with Gasteiger partial charge in [-0.2, -0.15) is 0 Å². The standard InChI is InChI=1S/C16H33N3O2/c1-14(13-19-10-6-5-7-11-19)12-17-8-9-18-15(20)21-16(2,3)4/h14,17H,5-13H2,1-4H3,(H,18,20). The highest BCUT2D eigenvalue weighted by molar-refractivity contribution is 5.67. The van der Waals surface area contributed by atoms with Crippen LogP contribution >= 0.6 is 0 Å². The first-order chi connectivity index (χ1) is 9.87. The van der Waals surface area contributed by atoms with Gasteiger partial charge in [0.15, 0.2) is 0 Å². The Balaban J connectivity index is 1.99. The summed E-state index contributed by atoms with van der Waals surface area (Å²) in [6, 6.07) is 0. The van der Waals surface area contributed by atoms with Gasteiger partial charge in [0.2, 0.25) is 0 Å². The highest BCUT2D eigenvalue weighted by Gasteiger charge is 2.15. The van der Waals surface area contributed by atoms with E-state index in [9.17, 15) is 4.79 Å². The molecule has 1 fully saturated rings.